The molecule has 1 atom stereocenters. The molecule has 0 aromatic carbocycles. The Kier molecular flexibility index (Phi) is 5.46. The second-order valence-electron chi connectivity index (χ2n) is 7.60. The third-order valence-corrected chi connectivity index (χ3v) is 4.36. The third-order valence-electron chi connectivity index (χ3n) is 4.36. The van der Waals surface area contributed by atoms with E-state index in [1.807, 2.05) is 0 Å². The number of methoxy groups -OCH3 is 1. The third kappa shape index (κ3) is 4.99. The van der Waals surface area contributed by atoms with Crippen molar-refractivity contribution in [3.05, 3.63) is 0 Å². The van der Waals surface area contributed by atoms with Crippen molar-refractivity contribution in [1.82, 2.24) is 10.2 Å². The molecule has 118 valence electrons. The van der Waals surface area contributed by atoms with Crippen LogP contribution in [0, 0.1) is 5.41 Å². The lowest BCUT2D eigenvalue weighted by molar-refractivity contribution is 0.0792. The van der Waals surface area contributed by atoms with Crippen molar-refractivity contribution >= 4 is 0 Å². The zero-order chi connectivity index (χ0) is 14.6. The molecule has 0 aromatic rings. The van der Waals surface area contributed by atoms with Crippen LogP contribution in [0.1, 0.15) is 40.0 Å². The summed E-state index contributed by atoms with van der Waals surface area (Å²) in [5.41, 5.74) is 0.455. The molecule has 2 aliphatic rings. The van der Waals surface area contributed by atoms with Gasteiger partial charge in [-0.25, -0.2) is 0 Å². The first kappa shape index (κ1) is 16.2. The smallest absolute Gasteiger partial charge is 0.0589 e. The molecule has 1 unspecified atom stereocenters. The topological polar surface area (TPSA) is 33.7 Å². The molecule has 20 heavy (non-hydrogen) atoms. The fourth-order valence-corrected chi connectivity index (χ4v) is 2.89. The Morgan fingerprint density at radius 3 is 2.60 bits per heavy atom. The molecule has 4 heteroatoms. The molecule has 1 aliphatic carbocycles. The second-order valence-corrected chi connectivity index (χ2v) is 7.60. The molecule has 1 N–H and O–H groups in total. The average Bonchev–Trinajstić information content (AvgIpc) is 3.12. The summed E-state index contributed by atoms with van der Waals surface area (Å²) < 4.78 is 11.0. The van der Waals surface area contributed by atoms with Gasteiger partial charge in [0.05, 0.1) is 13.2 Å². The van der Waals surface area contributed by atoms with Gasteiger partial charge in [-0.2, -0.15) is 0 Å². The second kappa shape index (κ2) is 6.73. The first-order valence-corrected chi connectivity index (χ1v) is 8.00. The predicted octanol–water partition coefficient (Wildman–Crippen LogP) is 1.89. The van der Waals surface area contributed by atoms with Crippen molar-refractivity contribution in [3.63, 3.8) is 0 Å². The zero-order valence-electron chi connectivity index (χ0n) is 13.7. The zero-order valence-corrected chi connectivity index (χ0v) is 13.7. The SMILES string of the molecule is COCCN(CC1(CNC(C)(C)C)CCOC1)C1CC1. The number of ether oxygens (including phenoxy) is 2. The first-order valence-electron chi connectivity index (χ1n) is 8.00. The standard InChI is InChI=1S/C16H32N2O2/c1-15(2,3)17-11-16(7-9-20-13-16)12-18(8-10-19-4)14-5-6-14/h14,17H,5-13H2,1-4H3. The highest BCUT2D eigenvalue weighted by Crippen LogP contribution is 2.34. The van der Waals surface area contributed by atoms with E-state index in [-0.39, 0.29) is 11.0 Å². The van der Waals surface area contributed by atoms with Gasteiger partial charge in [-0.3, -0.25) is 4.90 Å². The molecule has 0 aromatic heterocycles. The van der Waals surface area contributed by atoms with Crippen molar-refractivity contribution < 1.29 is 9.47 Å². The summed E-state index contributed by atoms with van der Waals surface area (Å²) in [7, 11) is 1.79. The lowest BCUT2D eigenvalue weighted by Gasteiger charge is -2.37. The molecule has 0 radical (unpaired) electrons. The van der Waals surface area contributed by atoms with Crippen molar-refractivity contribution in [2.75, 3.05) is 46.6 Å². The van der Waals surface area contributed by atoms with Gasteiger partial charge in [-0.15, -0.1) is 0 Å². The number of rotatable bonds is 8. The van der Waals surface area contributed by atoms with E-state index in [4.69, 9.17) is 9.47 Å². The largest absolute Gasteiger partial charge is 0.383 e. The minimum Gasteiger partial charge on any atom is -0.383 e. The summed E-state index contributed by atoms with van der Waals surface area (Å²) in [5, 5.41) is 3.69. The van der Waals surface area contributed by atoms with Gasteiger partial charge in [0.2, 0.25) is 0 Å². The van der Waals surface area contributed by atoms with Crippen LogP contribution in [0.5, 0.6) is 0 Å². The highest BCUT2D eigenvalue weighted by atomic mass is 16.5. The normalized spacial score (nSPS) is 27.4. The van der Waals surface area contributed by atoms with Gasteiger partial charge in [0, 0.05) is 50.3 Å². The Morgan fingerprint density at radius 2 is 2.10 bits per heavy atom. The number of hydrogen-bond acceptors (Lipinski definition) is 4. The van der Waals surface area contributed by atoms with E-state index in [1.165, 1.54) is 19.3 Å². The monoisotopic (exact) mass is 284 g/mol. The van der Waals surface area contributed by atoms with E-state index in [1.54, 1.807) is 7.11 Å². The van der Waals surface area contributed by atoms with Crippen LogP contribution in [0.25, 0.3) is 0 Å². The molecular formula is C16H32N2O2. The Morgan fingerprint density at radius 1 is 1.35 bits per heavy atom. The summed E-state index contributed by atoms with van der Waals surface area (Å²) in [6.45, 7) is 12.6. The summed E-state index contributed by atoms with van der Waals surface area (Å²) in [5.74, 6) is 0. The lowest BCUT2D eigenvalue weighted by atomic mass is 9.85. The minimum absolute atomic E-state index is 0.173. The average molecular weight is 284 g/mol. The molecule has 0 bridgehead atoms. The van der Waals surface area contributed by atoms with Crippen molar-refractivity contribution in [3.8, 4) is 0 Å². The van der Waals surface area contributed by atoms with Crippen LogP contribution in [-0.2, 0) is 9.47 Å². The van der Waals surface area contributed by atoms with E-state index in [9.17, 15) is 0 Å². The molecule has 4 nitrogen and oxygen atoms in total. The molecule has 2 rings (SSSR count). The maximum Gasteiger partial charge on any atom is 0.0589 e. The van der Waals surface area contributed by atoms with Crippen molar-refractivity contribution in [2.24, 2.45) is 5.41 Å². The predicted molar refractivity (Wildman–Crippen MR) is 82.1 cm³/mol. The van der Waals surface area contributed by atoms with Gasteiger partial charge in [0.15, 0.2) is 0 Å². The number of nitrogens with one attached hydrogen (secondary N) is 1. The van der Waals surface area contributed by atoms with Crippen LogP contribution in [-0.4, -0.2) is 63.0 Å². The summed E-state index contributed by atoms with van der Waals surface area (Å²) in [6, 6.07) is 0.789. The fraction of sp³-hybridized carbons (Fsp3) is 1.00. The van der Waals surface area contributed by atoms with Crippen LogP contribution < -0.4 is 5.32 Å². The van der Waals surface area contributed by atoms with Crippen LogP contribution in [0.3, 0.4) is 0 Å². The quantitative estimate of drug-likeness (QED) is 0.738. The molecule has 1 aliphatic heterocycles. The number of hydrogen-bond donors (Lipinski definition) is 1. The van der Waals surface area contributed by atoms with E-state index >= 15 is 0 Å². The Balaban J connectivity index is 1.92. The van der Waals surface area contributed by atoms with Gasteiger partial charge in [0.25, 0.3) is 0 Å². The highest BCUT2D eigenvalue weighted by molar-refractivity contribution is 4.94. The van der Waals surface area contributed by atoms with Crippen molar-refractivity contribution in [2.45, 2.75) is 51.6 Å². The van der Waals surface area contributed by atoms with E-state index < -0.39 is 0 Å². The molecule has 1 heterocycles. The van der Waals surface area contributed by atoms with Crippen molar-refractivity contribution in [1.29, 1.82) is 0 Å². The van der Waals surface area contributed by atoms with E-state index in [0.717, 1.165) is 45.5 Å². The molecule has 2 fully saturated rings. The Hall–Kier alpha value is -0.160. The fourth-order valence-electron chi connectivity index (χ4n) is 2.89. The van der Waals surface area contributed by atoms with Gasteiger partial charge in [0.1, 0.15) is 0 Å². The number of nitrogens with zero attached hydrogens (tertiary/aromatic N) is 1. The molecule has 0 amide bonds. The first-order chi connectivity index (χ1) is 9.44. The summed E-state index contributed by atoms with van der Waals surface area (Å²) >= 11 is 0. The van der Waals surface area contributed by atoms with E-state index in [0.29, 0.717) is 0 Å². The van der Waals surface area contributed by atoms with E-state index in [2.05, 4.69) is 31.0 Å². The maximum atomic E-state index is 5.73. The van der Waals surface area contributed by atoms with Gasteiger partial charge in [-0.05, 0) is 40.0 Å². The highest BCUT2D eigenvalue weighted by Gasteiger charge is 2.40. The molecule has 1 saturated carbocycles. The Labute approximate surface area is 124 Å². The lowest BCUT2D eigenvalue weighted by Crippen LogP contribution is -2.50. The molecular weight excluding hydrogens is 252 g/mol. The summed E-state index contributed by atoms with van der Waals surface area (Å²) in [6.07, 6.45) is 3.88. The van der Waals surface area contributed by atoms with Gasteiger partial charge < -0.3 is 14.8 Å². The van der Waals surface area contributed by atoms with Crippen LogP contribution in [0.2, 0.25) is 0 Å². The molecule has 0 spiro atoms. The summed E-state index contributed by atoms with van der Waals surface area (Å²) in [4.78, 5) is 2.63. The van der Waals surface area contributed by atoms with Crippen LogP contribution in [0.4, 0.5) is 0 Å². The van der Waals surface area contributed by atoms with Crippen LogP contribution >= 0.6 is 0 Å². The Bertz CT molecular complexity index is 291. The minimum atomic E-state index is 0.173. The maximum absolute atomic E-state index is 5.73. The van der Waals surface area contributed by atoms with Crippen LogP contribution in [0.15, 0.2) is 0 Å². The van der Waals surface area contributed by atoms with Gasteiger partial charge >= 0.3 is 0 Å². The molecule has 1 saturated heterocycles. The van der Waals surface area contributed by atoms with Gasteiger partial charge in [-0.1, -0.05) is 0 Å².